The van der Waals surface area contributed by atoms with Crippen molar-refractivity contribution in [3.63, 3.8) is 0 Å². The molecule has 0 aliphatic rings. The molecule has 4 heterocycles. The lowest BCUT2D eigenvalue weighted by atomic mass is 10.1. The van der Waals surface area contributed by atoms with Gasteiger partial charge in [0.15, 0.2) is 5.78 Å². The molecular weight excluding hydrogens is 354 g/mol. The second-order valence-electron chi connectivity index (χ2n) is 6.63. The van der Waals surface area contributed by atoms with Crippen LogP contribution < -0.4 is 11.1 Å². The maximum Gasteiger partial charge on any atom is 0.151 e. The first-order chi connectivity index (χ1) is 13.5. The van der Waals surface area contributed by atoms with Crippen LogP contribution in [0.5, 0.6) is 0 Å². The van der Waals surface area contributed by atoms with Crippen LogP contribution in [0.4, 0.5) is 17.3 Å². The van der Waals surface area contributed by atoms with Crippen molar-refractivity contribution in [2.24, 2.45) is 0 Å². The van der Waals surface area contributed by atoms with Crippen LogP contribution in [0.1, 0.15) is 12.5 Å². The number of carbonyl (C=O) groups is 1. The standard InChI is InChI=1S/C20H19N7O/c1-12-3-4-22-8-16(12)18-5-14-6-19(23-9-17(14)20(21)26-18)25-15-7-24-27(11-15)10-13(2)28/h3-9,11H,10H2,1-2H3,(H2,21,26)(H,23,25). The molecule has 0 aliphatic carbocycles. The molecule has 0 radical (unpaired) electrons. The maximum atomic E-state index is 11.2. The number of pyridine rings is 3. The van der Waals surface area contributed by atoms with Crippen LogP contribution in [0.2, 0.25) is 0 Å². The normalized spacial score (nSPS) is 10.9. The van der Waals surface area contributed by atoms with E-state index in [0.29, 0.717) is 11.6 Å². The molecule has 3 N–H and O–H groups in total. The number of rotatable bonds is 5. The van der Waals surface area contributed by atoms with E-state index >= 15 is 0 Å². The highest BCUT2D eigenvalue weighted by atomic mass is 16.1. The van der Waals surface area contributed by atoms with E-state index in [1.807, 2.05) is 25.1 Å². The van der Waals surface area contributed by atoms with Crippen LogP contribution in [-0.2, 0) is 11.3 Å². The number of ketones is 1. The van der Waals surface area contributed by atoms with Crippen LogP contribution in [-0.4, -0.2) is 30.5 Å². The SMILES string of the molecule is CC(=O)Cn1cc(Nc2cc3cc(-c4cnccc4C)nc(N)c3cn2)cn1. The smallest absolute Gasteiger partial charge is 0.151 e. The van der Waals surface area contributed by atoms with E-state index in [0.717, 1.165) is 33.3 Å². The van der Waals surface area contributed by atoms with Crippen LogP contribution in [0.25, 0.3) is 22.0 Å². The van der Waals surface area contributed by atoms with Crippen molar-refractivity contribution in [1.29, 1.82) is 0 Å². The Morgan fingerprint density at radius 3 is 2.89 bits per heavy atom. The molecule has 0 spiro atoms. The van der Waals surface area contributed by atoms with E-state index in [-0.39, 0.29) is 12.3 Å². The molecule has 28 heavy (non-hydrogen) atoms. The zero-order chi connectivity index (χ0) is 19.7. The molecule has 0 amide bonds. The zero-order valence-corrected chi connectivity index (χ0v) is 15.5. The molecule has 0 unspecified atom stereocenters. The second kappa shape index (κ2) is 7.07. The van der Waals surface area contributed by atoms with Gasteiger partial charge in [-0.15, -0.1) is 0 Å². The summed E-state index contributed by atoms with van der Waals surface area (Å²) >= 11 is 0. The third-order valence-corrected chi connectivity index (χ3v) is 4.35. The molecule has 140 valence electrons. The van der Waals surface area contributed by atoms with E-state index < -0.39 is 0 Å². The van der Waals surface area contributed by atoms with E-state index in [9.17, 15) is 4.79 Å². The fourth-order valence-corrected chi connectivity index (χ4v) is 3.00. The van der Waals surface area contributed by atoms with Crippen LogP contribution in [0.15, 0.2) is 49.2 Å². The highest BCUT2D eigenvalue weighted by Gasteiger charge is 2.10. The minimum absolute atomic E-state index is 0.0414. The molecule has 0 fully saturated rings. The Labute approximate surface area is 161 Å². The van der Waals surface area contributed by atoms with Gasteiger partial charge in [-0.1, -0.05) is 0 Å². The van der Waals surface area contributed by atoms with Crippen molar-refractivity contribution < 1.29 is 4.79 Å². The monoisotopic (exact) mass is 373 g/mol. The number of hydrogen-bond acceptors (Lipinski definition) is 7. The molecular formula is C20H19N7O. The summed E-state index contributed by atoms with van der Waals surface area (Å²) in [7, 11) is 0. The fraction of sp³-hybridized carbons (Fsp3) is 0.150. The van der Waals surface area contributed by atoms with Crippen LogP contribution in [0.3, 0.4) is 0 Å². The number of aryl methyl sites for hydroxylation is 1. The number of anilines is 3. The van der Waals surface area contributed by atoms with E-state index in [4.69, 9.17) is 5.73 Å². The van der Waals surface area contributed by atoms with Gasteiger partial charge in [-0.25, -0.2) is 9.97 Å². The Morgan fingerprint density at radius 2 is 2.11 bits per heavy atom. The second-order valence-corrected chi connectivity index (χ2v) is 6.63. The number of nitrogens with zero attached hydrogens (tertiary/aromatic N) is 5. The van der Waals surface area contributed by atoms with Gasteiger partial charge in [0.25, 0.3) is 0 Å². The number of hydrogen-bond donors (Lipinski definition) is 2. The van der Waals surface area contributed by atoms with Crippen molar-refractivity contribution in [3.8, 4) is 11.3 Å². The van der Waals surface area contributed by atoms with Gasteiger partial charge in [0, 0.05) is 35.7 Å². The van der Waals surface area contributed by atoms with Gasteiger partial charge in [-0.2, -0.15) is 5.10 Å². The van der Waals surface area contributed by atoms with E-state index in [1.54, 1.807) is 35.7 Å². The maximum absolute atomic E-state index is 11.2. The minimum Gasteiger partial charge on any atom is -0.383 e. The van der Waals surface area contributed by atoms with Gasteiger partial charge in [0.1, 0.15) is 11.6 Å². The van der Waals surface area contributed by atoms with Crippen LogP contribution >= 0.6 is 0 Å². The summed E-state index contributed by atoms with van der Waals surface area (Å²) in [6.45, 7) is 3.78. The summed E-state index contributed by atoms with van der Waals surface area (Å²) in [6.07, 6.45) is 8.65. The molecule has 0 saturated heterocycles. The fourth-order valence-electron chi connectivity index (χ4n) is 3.00. The topological polar surface area (TPSA) is 112 Å². The highest BCUT2D eigenvalue weighted by molar-refractivity contribution is 5.94. The van der Waals surface area contributed by atoms with Crippen molar-refractivity contribution in [3.05, 3.63) is 54.7 Å². The van der Waals surface area contributed by atoms with Crippen molar-refractivity contribution in [2.45, 2.75) is 20.4 Å². The van der Waals surface area contributed by atoms with E-state index in [2.05, 4.69) is 25.4 Å². The first kappa shape index (κ1) is 17.6. The quantitative estimate of drug-likeness (QED) is 0.553. The Morgan fingerprint density at radius 1 is 1.25 bits per heavy atom. The Kier molecular flexibility index (Phi) is 4.44. The summed E-state index contributed by atoms with van der Waals surface area (Å²) in [6, 6.07) is 5.82. The summed E-state index contributed by atoms with van der Waals surface area (Å²) in [5.74, 6) is 1.11. The van der Waals surface area contributed by atoms with Crippen molar-refractivity contribution in [1.82, 2.24) is 24.7 Å². The molecule has 0 bridgehead atoms. The number of carbonyl (C=O) groups excluding carboxylic acids is 1. The van der Waals surface area contributed by atoms with Crippen molar-refractivity contribution in [2.75, 3.05) is 11.1 Å². The third-order valence-electron chi connectivity index (χ3n) is 4.35. The molecule has 0 atom stereocenters. The first-order valence-corrected chi connectivity index (χ1v) is 8.76. The summed E-state index contributed by atoms with van der Waals surface area (Å²) in [5.41, 5.74) is 9.69. The molecule has 4 aromatic rings. The lowest BCUT2D eigenvalue weighted by molar-refractivity contribution is -0.117. The van der Waals surface area contributed by atoms with Gasteiger partial charge in [0.05, 0.1) is 24.1 Å². The number of fused-ring (bicyclic) bond motifs is 1. The molecule has 4 rings (SSSR count). The Bertz CT molecular complexity index is 1180. The molecule has 4 aromatic heterocycles. The Balaban J connectivity index is 1.69. The predicted molar refractivity (Wildman–Crippen MR) is 108 cm³/mol. The van der Waals surface area contributed by atoms with Gasteiger partial charge < -0.3 is 11.1 Å². The predicted octanol–water partition coefficient (Wildman–Crippen LogP) is 3.11. The molecule has 0 saturated carbocycles. The van der Waals surface area contributed by atoms with Gasteiger partial charge >= 0.3 is 0 Å². The van der Waals surface area contributed by atoms with Crippen molar-refractivity contribution >= 4 is 33.9 Å². The summed E-state index contributed by atoms with van der Waals surface area (Å²) in [5, 5.41) is 9.06. The zero-order valence-electron chi connectivity index (χ0n) is 15.5. The third kappa shape index (κ3) is 3.52. The van der Waals surface area contributed by atoms with Gasteiger partial charge in [-0.05, 0) is 43.0 Å². The number of nitrogens with two attached hydrogens (primary N) is 1. The molecule has 8 nitrogen and oxygen atoms in total. The average molecular weight is 373 g/mol. The minimum atomic E-state index is 0.0414. The highest BCUT2D eigenvalue weighted by Crippen LogP contribution is 2.29. The average Bonchev–Trinajstić information content (AvgIpc) is 3.07. The van der Waals surface area contributed by atoms with Crippen LogP contribution in [0, 0.1) is 6.92 Å². The summed E-state index contributed by atoms with van der Waals surface area (Å²) in [4.78, 5) is 24.3. The Hall–Kier alpha value is -3.81. The largest absolute Gasteiger partial charge is 0.383 e. The molecule has 0 aliphatic heterocycles. The number of nitrogens with one attached hydrogen (secondary N) is 1. The van der Waals surface area contributed by atoms with E-state index in [1.165, 1.54) is 6.92 Å². The number of Topliss-reactive ketones (excluding diaryl/α,β-unsaturated/α-hetero) is 1. The summed E-state index contributed by atoms with van der Waals surface area (Å²) < 4.78 is 1.58. The lowest BCUT2D eigenvalue weighted by Gasteiger charge is -2.10. The first-order valence-electron chi connectivity index (χ1n) is 8.76. The van der Waals surface area contributed by atoms with Gasteiger partial charge in [0.2, 0.25) is 0 Å². The molecule has 8 heteroatoms. The molecule has 0 aromatic carbocycles. The van der Waals surface area contributed by atoms with Gasteiger partial charge in [-0.3, -0.25) is 14.5 Å². The number of aromatic nitrogens is 5. The lowest BCUT2D eigenvalue weighted by Crippen LogP contribution is -2.05. The number of nitrogen functional groups attached to an aromatic ring is 1.